The van der Waals surface area contributed by atoms with E-state index in [0.717, 1.165) is 12.8 Å². The third-order valence-corrected chi connectivity index (χ3v) is 4.25. The van der Waals surface area contributed by atoms with Crippen molar-refractivity contribution < 1.29 is 19.0 Å². The molecule has 140 valence electrons. The van der Waals surface area contributed by atoms with Crippen LogP contribution in [0.1, 0.15) is 25.3 Å². The van der Waals surface area contributed by atoms with Crippen molar-refractivity contribution >= 4 is 11.6 Å². The van der Waals surface area contributed by atoms with E-state index >= 15 is 0 Å². The molecule has 1 unspecified atom stereocenters. The number of hydrogen-bond acceptors (Lipinski definition) is 4. The first-order valence-corrected chi connectivity index (χ1v) is 8.71. The summed E-state index contributed by atoms with van der Waals surface area (Å²) in [6.07, 6.45) is 2.40. The molecule has 0 saturated carbocycles. The summed E-state index contributed by atoms with van der Waals surface area (Å²) in [5, 5.41) is 2.92. The van der Waals surface area contributed by atoms with Crippen LogP contribution in [-0.2, 0) is 11.2 Å². The second-order valence-corrected chi connectivity index (χ2v) is 6.30. The summed E-state index contributed by atoms with van der Waals surface area (Å²) in [6.45, 7) is 2.09. The molecule has 2 aromatic rings. The predicted molar refractivity (Wildman–Crippen MR) is 103 cm³/mol. The van der Waals surface area contributed by atoms with E-state index in [4.69, 9.17) is 14.2 Å². The first-order chi connectivity index (χ1) is 12.6. The second kappa shape index (κ2) is 9.70. The number of rotatable bonds is 9. The minimum Gasteiger partial charge on any atom is -0.493 e. The van der Waals surface area contributed by atoms with Gasteiger partial charge in [0, 0.05) is 24.2 Å². The minimum atomic E-state index is -0.0279. The summed E-state index contributed by atoms with van der Waals surface area (Å²) in [6, 6.07) is 13.8. The summed E-state index contributed by atoms with van der Waals surface area (Å²) >= 11 is 0. The van der Waals surface area contributed by atoms with Crippen LogP contribution >= 0.6 is 0 Å². The van der Waals surface area contributed by atoms with Gasteiger partial charge in [-0.15, -0.1) is 0 Å². The first-order valence-electron chi connectivity index (χ1n) is 8.71. The summed E-state index contributed by atoms with van der Waals surface area (Å²) in [5.41, 5.74) is 1.92. The Kier molecular flexibility index (Phi) is 7.33. The molecule has 1 amide bonds. The Hall–Kier alpha value is -2.69. The molecule has 2 aromatic carbocycles. The summed E-state index contributed by atoms with van der Waals surface area (Å²) in [5.74, 6) is 1.79. The van der Waals surface area contributed by atoms with Crippen molar-refractivity contribution in [1.82, 2.24) is 0 Å². The first kappa shape index (κ1) is 19.6. The van der Waals surface area contributed by atoms with Gasteiger partial charge in [0.25, 0.3) is 0 Å². The number of ether oxygens (including phenoxy) is 3. The van der Waals surface area contributed by atoms with Gasteiger partial charge >= 0.3 is 0 Å². The highest BCUT2D eigenvalue weighted by molar-refractivity contribution is 5.91. The van der Waals surface area contributed by atoms with Crippen LogP contribution in [0.4, 0.5) is 5.69 Å². The molecule has 1 N–H and O–H groups in total. The van der Waals surface area contributed by atoms with Gasteiger partial charge in [-0.1, -0.05) is 37.3 Å². The van der Waals surface area contributed by atoms with E-state index < -0.39 is 0 Å². The molecular formula is C21H27NO4. The maximum Gasteiger partial charge on any atom is 0.224 e. The van der Waals surface area contributed by atoms with E-state index in [0.29, 0.717) is 29.4 Å². The molecule has 0 aliphatic carbocycles. The van der Waals surface area contributed by atoms with E-state index in [2.05, 4.69) is 24.4 Å². The van der Waals surface area contributed by atoms with Crippen LogP contribution in [0, 0.1) is 5.92 Å². The smallest absolute Gasteiger partial charge is 0.224 e. The highest BCUT2D eigenvalue weighted by Gasteiger charge is 2.15. The van der Waals surface area contributed by atoms with Gasteiger partial charge in [-0.3, -0.25) is 4.79 Å². The molecule has 0 saturated heterocycles. The zero-order valence-electron chi connectivity index (χ0n) is 15.9. The Bertz CT molecular complexity index is 690. The molecular weight excluding hydrogens is 330 g/mol. The highest BCUT2D eigenvalue weighted by Crippen LogP contribution is 2.40. The molecule has 26 heavy (non-hydrogen) atoms. The minimum absolute atomic E-state index is 0.0279. The van der Waals surface area contributed by atoms with Gasteiger partial charge in [-0.25, -0.2) is 0 Å². The Morgan fingerprint density at radius 3 is 2.15 bits per heavy atom. The fourth-order valence-corrected chi connectivity index (χ4v) is 2.84. The van der Waals surface area contributed by atoms with E-state index in [-0.39, 0.29) is 11.8 Å². The van der Waals surface area contributed by atoms with Crippen LogP contribution < -0.4 is 19.5 Å². The van der Waals surface area contributed by atoms with Crippen molar-refractivity contribution in [3.8, 4) is 17.2 Å². The van der Waals surface area contributed by atoms with Gasteiger partial charge < -0.3 is 19.5 Å². The lowest BCUT2D eigenvalue weighted by Gasteiger charge is -2.15. The number of carbonyl (C=O) groups excluding carboxylic acids is 1. The van der Waals surface area contributed by atoms with E-state index in [1.165, 1.54) is 5.56 Å². The number of aryl methyl sites for hydroxylation is 1. The fraction of sp³-hybridized carbons (Fsp3) is 0.381. The lowest BCUT2D eigenvalue weighted by molar-refractivity contribution is -0.117. The molecule has 0 heterocycles. The van der Waals surface area contributed by atoms with Gasteiger partial charge in [0.2, 0.25) is 11.7 Å². The van der Waals surface area contributed by atoms with Crippen LogP contribution in [0.15, 0.2) is 42.5 Å². The molecule has 0 aromatic heterocycles. The van der Waals surface area contributed by atoms with Crippen molar-refractivity contribution in [2.45, 2.75) is 26.2 Å². The quantitative estimate of drug-likeness (QED) is 0.726. The van der Waals surface area contributed by atoms with E-state index in [9.17, 15) is 4.79 Å². The molecule has 1 atom stereocenters. The molecule has 0 fully saturated rings. The van der Waals surface area contributed by atoms with Crippen molar-refractivity contribution in [2.24, 2.45) is 5.92 Å². The molecule has 5 nitrogen and oxygen atoms in total. The number of methoxy groups -OCH3 is 3. The normalized spacial score (nSPS) is 11.5. The summed E-state index contributed by atoms with van der Waals surface area (Å²) in [7, 11) is 4.65. The fourth-order valence-electron chi connectivity index (χ4n) is 2.84. The zero-order valence-corrected chi connectivity index (χ0v) is 15.9. The molecule has 0 aliphatic rings. The van der Waals surface area contributed by atoms with Crippen LogP contribution in [0.2, 0.25) is 0 Å². The maximum absolute atomic E-state index is 12.4. The third-order valence-electron chi connectivity index (χ3n) is 4.25. The largest absolute Gasteiger partial charge is 0.493 e. The van der Waals surface area contributed by atoms with E-state index in [1.807, 2.05) is 18.2 Å². The lowest BCUT2D eigenvalue weighted by atomic mass is 9.98. The predicted octanol–water partition coefficient (Wildman–Crippen LogP) is 4.31. The molecule has 0 spiro atoms. The monoisotopic (exact) mass is 357 g/mol. The Labute approximate surface area is 155 Å². The third kappa shape index (κ3) is 5.41. The van der Waals surface area contributed by atoms with Crippen molar-refractivity contribution in [3.05, 3.63) is 48.0 Å². The average Bonchev–Trinajstić information content (AvgIpc) is 2.66. The Morgan fingerprint density at radius 2 is 1.62 bits per heavy atom. The van der Waals surface area contributed by atoms with Gasteiger partial charge in [0.1, 0.15) is 0 Å². The van der Waals surface area contributed by atoms with Gasteiger partial charge in [-0.2, -0.15) is 0 Å². The van der Waals surface area contributed by atoms with Gasteiger partial charge in [0.15, 0.2) is 11.5 Å². The van der Waals surface area contributed by atoms with Crippen molar-refractivity contribution in [1.29, 1.82) is 0 Å². The van der Waals surface area contributed by atoms with Crippen LogP contribution in [0.3, 0.4) is 0 Å². The number of hydrogen-bond donors (Lipinski definition) is 1. The summed E-state index contributed by atoms with van der Waals surface area (Å²) in [4.78, 5) is 12.4. The van der Waals surface area contributed by atoms with Crippen molar-refractivity contribution in [3.63, 3.8) is 0 Å². The Balaban J connectivity index is 1.94. The standard InChI is InChI=1S/C21H27NO4/c1-15(10-11-16-8-6-5-7-9-16)12-20(23)22-17-13-18(24-2)21(26-4)19(14-17)25-3/h5-9,13-15H,10-12H2,1-4H3,(H,22,23). The number of amides is 1. The SMILES string of the molecule is COc1cc(NC(=O)CC(C)CCc2ccccc2)cc(OC)c1OC. The molecule has 0 bridgehead atoms. The average molecular weight is 357 g/mol. The zero-order chi connectivity index (χ0) is 18.9. The molecule has 0 aliphatic heterocycles. The Morgan fingerprint density at radius 1 is 1.00 bits per heavy atom. The highest BCUT2D eigenvalue weighted by atomic mass is 16.5. The van der Waals surface area contributed by atoms with Crippen LogP contribution in [-0.4, -0.2) is 27.2 Å². The number of benzene rings is 2. The molecule has 0 radical (unpaired) electrons. The number of nitrogens with one attached hydrogen (secondary N) is 1. The molecule has 2 rings (SSSR count). The number of carbonyl (C=O) groups is 1. The van der Waals surface area contributed by atoms with Gasteiger partial charge in [0.05, 0.1) is 21.3 Å². The molecule has 5 heteroatoms. The van der Waals surface area contributed by atoms with Crippen LogP contribution in [0.25, 0.3) is 0 Å². The van der Waals surface area contributed by atoms with Crippen molar-refractivity contribution in [2.75, 3.05) is 26.6 Å². The van der Waals surface area contributed by atoms with Crippen LogP contribution in [0.5, 0.6) is 17.2 Å². The van der Waals surface area contributed by atoms with Gasteiger partial charge in [-0.05, 0) is 24.3 Å². The topological polar surface area (TPSA) is 56.8 Å². The number of anilines is 1. The lowest BCUT2D eigenvalue weighted by Crippen LogP contribution is -2.15. The summed E-state index contributed by atoms with van der Waals surface area (Å²) < 4.78 is 15.9. The maximum atomic E-state index is 12.4. The second-order valence-electron chi connectivity index (χ2n) is 6.30. The van der Waals surface area contributed by atoms with E-state index in [1.54, 1.807) is 33.5 Å².